The minimum absolute atomic E-state index is 0.211. The van der Waals surface area contributed by atoms with Gasteiger partial charge in [-0.25, -0.2) is 0 Å². The molecule has 0 heterocycles. The van der Waals surface area contributed by atoms with Gasteiger partial charge in [0.25, 0.3) is 0 Å². The zero-order valence-corrected chi connectivity index (χ0v) is 10.3. The summed E-state index contributed by atoms with van der Waals surface area (Å²) >= 11 is 0. The summed E-state index contributed by atoms with van der Waals surface area (Å²) in [4.78, 5) is 0. The predicted octanol–water partition coefficient (Wildman–Crippen LogP) is 2.72. The average Bonchev–Trinajstić information content (AvgIpc) is 2.29. The topological polar surface area (TPSA) is 44.5 Å². The molecule has 2 N–H and O–H groups in total. The maximum atomic E-state index is 5.86. The van der Waals surface area contributed by atoms with Gasteiger partial charge in [-0.05, 0) is 19.4 Å². The molecule has 1 unspecified atom stereocenters. The van der Waals surface area contributed by atoms with E-state index in [0.29, 0.717) is 6.54 Å². The zero-order valence-electron chi connectivity index (χ0n) is 10.3. The van der Waals surface area contributed by atoms with Gasteiger partial charge >= 0.3 is 0 Å². The third-order valence-corrected chi connectivity index (χ3v) is 2.52. The van der Waals surface area contributed by atoms with Crippen LogP contribution in [0.1, 0.15) is 32.3 Å². The predicted molar refractivity (Wildman–Crippen MR) is 65.9 cm³/mol. The molecule has 16 heavy (non-hydrogen) atoms. The molecule has 0 fully saturated rings. The Labute approximate surface area is 97.6 Å². The van der Waals surface area contributed by atoms with E-state index in [1.54, 1.807) is 7.11 Å². The van der Waals surface area contributed by atoms with Gasteiger partial charge in [0.1, 0.15) is 11.5 Å². The minimum atomic E-state index is 0.211. The first-order valence-electron chi connectivity index (χ1n) is 5.74. The Hall–Kier alpha value is -1.22. The van der Waals surface area contributed by atoms with Crippen LogP contribution >= 0.6 is 0 Å². The second-order valence-corrected chi connectivity index (χ2v) is 3.89. The zero-order chi connectivity index (χ0) is 12.0. The van der Waals surface area contributed by atoms with Crippen LogP contribution in [0.15, 0.2) is 18.2 Å². The number of hydrogen-bond donors (Lipinski definition) is 1. The Kier molecular flexibility index (Phi) is 5.12. The largest absolute Gasteiger partial charge is 0.497 e. The smallest absolute Gasteiger partial charge is 0.127 e. The maximum absolute atomic E-state index is 5.86. The molecule has 3 nitrogen and oxygen atoms in total. The van der Waals surface area contributed by atoms with E-state index in [2.05, 4.69) is 13.8 Å². The summed E-state index contributed by atoms with van der Waals surface area (Å²) in [6, 6.07) is 5.75. The second kappa shape index (κ2) is 6.38. The van der Waals surface area contributed by atoms with Gasteiger partial charge in [0.15, 0.2) is 0 Å². The van der Waals surface area contributed by atoms with Crippen LogP contribution in [0, 0.1) is 0 Å². The quantitative estimate of drug-likeness (QED) is 0.806. The highest BCUT2D eigenvalue weighted by molar-refractivity contribution is 5.40. The van der Waals surface area contributed by atoms with Gasteiger partial charge in [-0.15, -0.1) is 0 Å². The van der Waals surface area contributed by atoms with Gasteiger partial charge in [0.2, 0.25) is 0 Å². The molecule has 0 saturated heterocycles. The third-order valence-electron chi connectivity index (χ3n) is 2.52. The highest BCUT2D eigenvalue weighted by Gasteiger charge is 2.08. The van der Waals surface area contributed by atoms with Crippen LogP contribution in [0.5, 0.6) is 11.5 Å². The summed E-state index contributed by atoms with van der Waals surface area (Å²) in [5.74, 6) is 1.64. The van der Waals surface area contributed by atoms with Crippen molar-refractivity contribution in [1.82, 2.24) is 0 Å². The highest BCUT2D eigenvalue weighted by Crippen LogP contribution is 2.26. The van der Waals surface area contributed by atoms with E-state index in [-0.39, 0.29) is 6.10 Å². The molecule has 1 rings (SSSR count). The van der Waals surface area contributed by atoms with E-state index in [1.807, 2.05) is 18.2 Å². The fourth-order valence-electron chi connectivity index (χ4n) is 1.62. The molecule has 0 amide bonds. The number of benzene rings is 1. The van der Waals surface area contributed by atoms with Gasteiger partial charge in [0.05, 0.1) is 13.2 Å². The molecule has 0 aromatic heterocycles. The molecule has 3 heteroatoms. The lowest BCUT2D eigenvalue weighted by Crippen LogP contribution is -2.13. The van der Waals surface area contributed by atoms with Crippen molar-refractivity contribution >= 4 is 0 Å². The van der Waals surface area contributed by atoms with E-state index in [1.165, 1.54) is 0 Å². The van der Waals surface area contributed by atoms with Crippen molar-refractivity contribution in [2.24, 2.45) is 5.73 Å². The van der Waals surface area contributed by atoms with Gasteiger partial charge in [0, 0.05) is 18.2 Å². The molecule has 0 bridgehead atoms. The highest BCUT2D eigenvalue weighted by atomic mass is 16.5. The molecule has 0 aliphatic rings. The summed E-state index contributed by atoms with van der Waals surface area (Å²) in [5, 5.41) is 0. The molecule has 1 aromatic carbocycles. The number of methoxy groups -OCH3 is 1. The monoisotopic (exact) mass is 223 g/mol. The number of rotatable bonds is 6. The molecule has 0 spiro atoms. The van der Waals surface area contributed by atoms with Crippen molar-refractivity contribution < 1.29 is 9.47 Å². The summed E-state index contributed by atoms with van der Waals surface area (Å²) in [6.07, 6.45) is 2.37. The lowest BCUT2D eigenvalue weighted by atomic mass is 10.2. The summed E-state index contributed by atoms with van der Waals surface area (Å²) in [7, 11) is 1.65. The van der Waals surface area contributed by atoms with E-state index >= 15 is 0 Å². The maximum Gasteiger partial charge on any atom is 0.127 e. The van der Waals surface area contributed by atoms with Crippen molar-refractivity contribution in [3.05, 3.63) is 23.8 Å². The summed E-state index contributed by atoms with van der Waals surface area (Å²) < 4.78 is 11.0. The Morgan fingerprint density at radius 3 is 2.69 bits per heavy atom. The van der Waals surface area contributed by atoms with E-state index in [4.69, 9.17) is 15.2 Å². The van der Waals surface area contributed by atoms with Crippen LogP contribution < -0.4 is 15.2 Å². The molecular weight excluding hydrogens is 202 g/mol. The first kappa shape index (κ1) is 12.8. The standard InChI is InChI=1S/C13H21NO2/c1-4-5-10(2)16-13-8-12(15-3)7-6-11(13)9-14/h6-8,10H,4-5,9,14H2,1-3H3. The second-order valence-electron chi connectivity index (χ2n) is 3.89. The van der Waals surface area contributed by atoms with Gasteiger partial charge < -0.3 is 15.2 Å². The van der Waals surface area contributed by atoms with Crippen molar-refractivity contribution in [3.8, 4) is 11.5 Å². The summed E-state index contributed by atoms with van der Waals surface area (Å²) in [6.45, 7) is 4.71. The average molecular weight is 223 g/mol. The number of ether oxygens (including phenoxy) is 2. The van der Waals surface area contributed by atoms with Crippen molar-refractivity contribution in [3.63, 3.8) is 0 Å². The molecule has 0 radical (unpaired) electrons. The number of hydrogen-bond acceptors (Lipinski definition) is 3. The Bertz CT molecular complexity index is 326. The Morgan fingerprint density at radius 2 is 2.12 bits per heavy atom. The van der Waals surface area contributed by atoms with Crippen molar-refractivity contribution in [1.29, 1.82) is 0 Å². The molecule has 90 valence electrons. The van der Waals surface area contributed by atoms with E-state index < -0.39 is 0 Å². The van der Waals surface area contributed by atoms with Gasteiger partial charge in [-0.2, -0.15) is 0 Å². The lowest BCUT2D eigenvalue weighted by Gasteiger charge is -2.17. The fourth-order valence-corrected chi connectivity index (χ4v) is 1.62. The Balaban J connectivity index is 2.82. The van der Waals surface area contributed by atoms with E-state index in [0.717, 1.165) is 29.9 Å². The molecule has 0 saturated carbocycles. The van der Waals surface area contributed by atoms with Crippen LogP contribution in [0.2, 0.25) is 0 Å². The van der Waals surface area contributed by atoms with E-state index in [9.17, 15) is 0 Å². The first-order valence-corrected chi connectivity index (χ1v) is 5.74. The Morgan fingerprint density at radius 1 is 1.38 bits per heavy atom. The first-order chi connectivity index (χ1) is 7.71. The molecule has 1 aromatic rings. The van der Waals surface area contributed by atoms with Crippen LogP contribution in [0.25, 0.3) is 0 Å². The minimum Gasteiger partial charge on any atom is -0.497 e. The summed E-state index contributed by atoms with van der Waals surface area (Å²) in [5.41, 5.74) is 6.69. The van der Waals surface area contributed by atoms with Crippen molar-refractivity contribution in [2.75, 3.05) is 7.11 Å². The molecule has 0 aliphatic heterocycles. The van der Waals surface area contributed by atoms with Crippen LogP contribution in [0.4, 0.5) is 0 Å². The molecule has 0 aliphatic carbocycles. The lowest BCUT2D eigenvalue weighted by molar-refractivity contribution is 0.207. The van der Waals surface area contributed by atoms with Gasteiger partial charge in [-0.1, -0.05) is 19.4 Å². The van der Waals surface area contributed by atoms with Crippen molar-refractivity contribution in [2.45, 2.75) is 39.3 Å². The third kappa shape index (κ3) is 3.42. The van der Waals surface area contributed by atoms with Crippen LogP contribution in [-0.2, 0) is 6.54 Å². The number of nitrogens with two attached hydrogens (primary N) is 1. The van der Waals surface area contributed by atoms with Crippen LogP contribution in [-0.4, -0.2) is 13.2 Å². The molecular formula is C13H21NO2. The normalized spacial score (nSPS) is 12.2. The molecule has 1 atom stereocenters. The van der Waals surface area contributed by atoms with Gasteiger partial charge in [-0.3, -0.25) is 0 Å². The fraction of sp³-hybridized carbons (Fsp3) is 0.538. The SMILES string of the molecule is CCCC(C)Oc1cc(OC)ccc1CN. The van der Waals surface area contributed by atoms with Crippen LogP contribution in [0.3, 0.4) is 0 Å².